The Hall–Kier alpha value is -0.340. The van der Waals surface area contributed by atoms with Gasteiger partial charge < -0.3 is 10.2 Å². The van der Waals surface area contributed by atoms with Gasteiger partial charge in [0.15, 0.2) is 0 Å². The van der Waals surface area contributed by atoms with Crippen LogP contribution in [0.5, 0.6) is 0 Å². The second kappa shape index (κ2) is 5.33. The van der Waals surface area contributed by atoms with Gasteiger partial charge in [0.05, 0.1) is 0 Å². The smallest absolute Gasteiger partial charge is 0.0134 e. The SMILES string of the molecule is C=CCNC1CCCN(C)CC1. The largest absolute Gasteiger partial charge is 0.310 e. The molecule has 1 fully saturated rings. The van der Waals surface area contributed by atoms with Crippen molar-refractivity contribution in [1.29, 1.82) is 0 Å². The van der Waals surface area contributed by atoms with E-state index in [4.69, 9.17) is 0 Å². The summed E-state index contributed by atoms with van der Waals surface area (Å²) in [6.45, 7) is 7.15. The standard InChI is InChI=1S/C10H20N2/c1-3-7-11-10-5-4-8-12(2)9-6-10/h3,10-11H,1,4-9H2,2H3. The van der Waals surface area contributed by atoms with E-state index in [0.29, 0.717) is 6.04 Å². The first-order chi connectivity index (χ1) is 5.83. The van der Waals surface area contributed by atoms with Gasteiger partial charge in [0.2, 0.25) is 0 Å². The lowest BCUT2D eigenvalue weighted by Gasteiger charge is -2.15. The molecule has 1 unspecified atom stereocenters. The number of hydrogen-bond acceptors (Lipinski definition) is 2. The summed E-state index contributed by atoms with van der Waals surface area (Å²) >= 11 is 0. The molecule has 1 aliphatic heterocycles. The fraction of sp³-hybridized carbons (Fsp3) is 0.800. The van der Waals surface area contributed by atoms with Gasteiger partial charge in [-0.3, -0.25) is 0 Å². The molecule has 1 N–H and O–H groups in total. The highest BCUT2D eigenvalue weighted by Gasteiger charge is 2.12. The van der Waals surface area contributed by atoms with Gasteiger partial charge in [0.25, 0.3) is 0 Å². The van der Waals surface area contributed by atoms with Crippen LogP contribution in [0.2, 0.25) is 0 Å². The van der Waals surface area contributed by atoms with E-state index in [1.165, 1.54) is 32.4 Å². The van der Waals surface area contributed by atoms with Gasteiger partial charge in [0, 0.05) is 12.6 Å². The molecule has 0 radical (unpaired) electrons. The lowest BCUT2D eigenvalue weighted by atomic mass is 10.1. The fourth-order valence-electron chi connectivity index (χ4n) is 1.69. The third kappa shape index (κ3) is 3.37. The number of nitrogens with one attached hydrogen (secondary N) is 1. The van der Waals surface area contributed by atoms with Crippen LogP contribution in [0.3, 0.4) is 0 Å². The molecule has 0 amide bonds. The van der Waals surface area contributed by atoms with Crippen molar-refractivity contribution in [1.82, 2.24) is 10.2 Å². The first-order valence-corrected chi connectivity index (χ1v) is 4.85. The van der Waals surface area contributed by atoms with Gasteiger partial charge in [-0.15, -0.1) is 6.58 Å². The summed E-state index contributed by atoms with van der Waals surface area (Å²) < 4.78 is 0. The van der Waals surface area contributed by atoms with Gasteiger partial charge in [-0.1, -0.05) is 6.08 Å². The van der Waals surface area contributed by atoms with Crippen molar-refractivity contribution in [3.8, 4) is 0 Å². The molecule has 1 atom stereocenters. The topological polar surface area (TPSA) is 15.3 Å². The molecule has 70 valence electrons. The van der Waals surface area contributed by atoms with E-state index in [-0.39, 0.29) is 0 Å². The second-order valence-corrected chi connectivity index (χ2v) is 3.63. The van der Waals surface area contributed by atoms with Crippen LogP contribution in [0.1, 0.15) is 19.3 Å². The fourth-order valence-corrected chi connectivity index (χ4v) is 1.69. The van der Waals surface area contributed by atoms with E-state index >= 15 is 0 Å². The molecule has 1 aliphatic rings. The molecule has 0 saturated carbocycles. The molecule has 0 spiro atoms. The zero-order chi connectivity index (χ0) is 8.81. The van der Waals surface area contributed by atoms with Crippen LogP contribution in [0.4, 0.5) is 0 Å². The van der Waals surface area contributed by atoms with Gasteiger partial charge in [-0.05, 0) is 39.4 Å². The van der Waals surface area contributed by atoms with E-state index in [0.717, 1.165) is 6.54 Å². The lowest BCUT2D eigenvalue weighted by Crippen LogP contribution is -2.30. The molecule has 2 nitrogen and oxygen atoms in total. The molecule has 2 heteroatoms. The quantitative estimate of drug-likeness (QED) is 0.638. The van der Waals surface area contributed by atoms with Crippen LogP contribution in [-0.2, 0) is 0 Å². The summed E-state index contributed by atoms with van der Waals surface area (Å²) in [5.74, 6) is 0. The number of hydrogen-bond donors (Lipinski definition) is 1. The first kappa shape index (κ1) is 9.75. The molecule has 1 rings (SSSR count). The Labute approximate surface area is 75.6 Å². The lowest BCUT2D eigenvalue weighted by molar-refractivity contribution is 0.344. The average Bonchev–Trinajstić information content (AvgIpc) is 2.27. The van der Waals surface area contributed by atoms with Gasteiger partial charge in [-0.25, -0.2) is 0 Å². The highest BCUT2D eigenvalue weighted by atomic mass is 15.1. The zero-order valence-corrected chi connectivity index (χ0v) is 8.05. The molecular formula is C10H20N2. The minimum Gasteiger partial charge on any atom is -0.310 e. The van der Waals surface area contributed by atoms with Crippen LogP contribution >= 0.6 is 0 Å². The van der Waals surface area contributed by atoms with E-state index in [1.54, 1.807) is 0 Å². The summed E-state index contributed by atoms with van der Waals surface area (Å²) in [7, 11) is 2.20. The normalized spacial score (nSPS) is 26.6. The van der Waals surface area contributed by atoms with Crippen LogP contribution in [0.25, 0.3) is 0 Å². The molecule has 0 bridgehead atoms. The van der Waals surface area contributed by atoms with Crippen molar-refractivity contribution in [2.24, 2.45) is 0 Å². The number of likely N-dealkylation sites (tertiary alicyclic amines) is 1. The van der Waals surface area contributed by atoms with E-state index in [9.17, 15) is 0 Å². The maximum Gasteiger partial charge on any atom is 0.0134 e. The van der Waals surface area contributed by atoms with E-state index in [1.807, 2.05) is 6.08 Å². The molecule has 12 heavy (non-hydrogen) atoms. The molecule has 0 aromatic carbocycles. The van der Waals surface area contributed by atoms with E-state index in [2.05, 4.69) is 23.8 Å². The van der Waals surface area contributed by atoms with Crippen molar-refractivity contribution in [2.45, 2.75) is 25.3 Å². The molecular weight excluding hydrogens is 148 g/mol. The third-order valence-corrected chi connectivity index (χ3v) is 2.50. The Kier molecular flexibility index (Phi) is 4.33. The Bertz CT molecular complexity index is 134. The molecule has 0 aromatic heterocycles. The van der Waals surface area contributed by atoms with Gasteiger partial charge >= 0.3 is 0 Å². The maximum atomic E-state index is 3.71. The summed E-state index contributed by atoms with van der Waals surface area (Å²) in [4.78, 5) is 2.41. The summed E-state index contributed by atoms with van der Waals surface area (Å²) in [5.41, 5.74) is 0. The Balaban J connectivity index is 2.21. The van der Waals surface area contributed by atoms with Crippen LogP contribution in [-0.4, -0.2) is 37.6 Å². The number of nitrogens with zero attached hydrogens (tertiary/aromatic N) is 1. The van der Waals surface area contributed by atoms with E-state index < -0.39 is 0 Å². The monoisotopic (exact) mass is 168 g/mol. The number of rotatable bonds is 3. The first-order valence-electron chi connectivity index (χ1n) is 4.85. The van der Waals surface area contributed by atoms with Gasteiger partial charge in [-0.2, -0.15) is 0 Å². The second-order valence-electron chi connectivity index (χ2n) is 3.63. The summed E-state index contributed by atoms with van der Waals surface area (Å²) in [5, 5.41) is 3.49. The van der Waals surface area contributed by atoms with Crippen LogP contribution < -0.4 is 5.32 Å². The Morgan fingerprint density at radius 3 is 3.08 bits per heavy atom. The van der Waals surface area contributed by atoms with Crippen molar-refractivity contribution in [3.05, 3.63) is 12.7 Å². The third-order valence-electron chi connectivity index (χ3n) is 2.50. The van der Waals surface area contributed by atoms with Crippen LogP contribution in [0.15, 0.2) is 12.7 Å². The Morgan fingerprint density at radius 1 is 1.50 bits per heavy atom. The highest BCUT2D eigenvalue weighted by Crippen LogP contribution is 2.08. The highest BCUT2D eigenvalue weighted by molar-refractivity contribution is 4.78. The maximum absolute atomic E-state index is 3.71. The Morgan fingerprint density at radius 2 is 2.33 bits per heavy atom. The minimum absolute atomic E-state index is 0.716. The van der Waals surface area contributed by atoms with Crippen molar-refractivity contribution in [3.63, 3.8) is 0 Å². The van der Waals surface area contributed by atoms with Gasteiger partial charge in [0.1, 0.15) is 0 Å². The molecule has 1 heterocycles. The average molecular weight is 168 g/mol. The minimum atomic E-state index is 0.716. The molecule has 0 aliphatic carbocycles. The van der Waals surface area contributed by atoms with Crippen molar-refractivity contribution < 1.29 is 0 Å². The molecule has 0 aromatic rings. The predicted molar refractivity (Wildman–Crippen MR) is 53.3 cm³/mol. The van der Waals surface area contributed by atoms with Crippen molar-refractivity contribution in [2.75, 3.05) is 26.7 Å². The zero-order valence-electron chi connectivity index (χ0n) is 8.05. The summed E-state index contributed by atoms with van der Waals surface area (Å²) in [6, 6.07) is 0.716. The van der Waals surface area contributed by atoms with Crippen molar-refractivity contribution >= 4 is 0 Å². The molecule has 1 saturated heterocycles. The predicted octanol–water partition coefficient (Wildman–Crippen LogP) is 1.25. The van der Waals surface area contributed by atoms with Crippen LogP contribution in [0, 0.1) is 0 Å². The summed E-state index contributed by atoms with van der Waals surface area (Å²) in [6.07, 6.45) is 5.86.